The zero-order chi connectivity index (χ0) is 11.4. The van der Waals surface area contributed by atoms with E-state index in [9.17, 15) is 4.79 Å². The maximum absolute atomic E-state index is 11.9. The van der Waals surface area contributed by atoms with Crippen LogP contribution in [0.5, 0.6) is 0 Å². The molecule has 2 aromatic rings. The molecule has 0 aliphatic rings. The average molecular weight is 215 g/mol. The lowest BCUT2D eigenvalue weighted by Gasteiger charge is -2.07. The van der Waals surface area contributed by atoms with Gasteiger partial charge in [0.25, 0.3) is 0 Å². The Bertz CT molecular complexity index is 476. The number of para-hydroxylation sites is 1. The lowest BCUT2D eigenvalue weighted by atomic mass is 10.3. The number of nitrogens with zero attached hydrogens (tertiary/aromatic N) is 2. The molecule has 82 valence electrons. The van der Waals surface area contributed by atoms with Crippen LogP contribution < -0.4 is 5.32 Å². The molecule has 0 atom stereocenters. The first-order valence-electron chi connectivity index (χ1n) is 5.20. The molecule has 0 saturated carbocycles. The summed E-state index contributed by atoms with van der Waals surface area (Å²) in [7, 11) is 0. The maximum atomic E-state index is 11.9. The zero-order valence-electron chi connectivity index (χ0n) is 9.05. The van der Waals surface area contributed by atoms with Crippen LogP contribution in [0.15, 0.2) is 42.7 Å². The lowest BCUT2D eigenvalue weighted by molar-refractivity contribution is 0.253. The van der Waals surface area contributed by atoms with Gasteiger partial charge in [-0.1, -0.05) is 25.1 Å². The molecule has 0 unspecified atom stereocenters. The molecule has 0 fully saturated rings. The second-order valence-corrected chi connectivity index (χ2v) is 3.36. The second kappa shape index (κ2) is 4.61. The first-order valence-corrected chi connectivity index (χ1v) is 5.20. The lowest BCUT2D eigenvalue weighted by Crippen LogP contribution is -2.20. The summed E-state index contributed by atoms with van der Waals surface area (Å²) in [4.78, 5) is 16.0. The number of hydrogen-bond acceptors (Lipinski definition) is 2. The average Bonchev–Trinajstić information content (AvgIpc) is 2.78. The minimum Gasteiger partial charge on any atom is -0.307 e. The number of nitrogens with one attached hydrogen (secondary N) is 1. The van der Waals surface area contributed by atoms with E-state index in [0.717, 1.165) is 17.9 Å². The van der Waals surface area contributed by atoms with Crippen molar-refractivity contribution in [1.29, 1.82) is 0 Å². The van der Waals surface area contributed by atoms with Gasteiger partial charge in [-0.2, -0.15) is 0 Å². The first-order chi connectivity index (χ1) is 7.81. The van der Waals surface area contributed by atoms with E-state index in [2.05, 4.69) is 10.3 Å². The normalized spacial score (nSPS) is 10.1. The van der Waals surface area contributed by atoms with Crippen LogP contribution in [0.25, 0.3) is 0 Å². The summed E-state index contributed by atoms with van der Waals surface area (Å²) >= 11 is 0. The summed E-state index contributed by atoms with van der Waals surface area (Å²) in [6, 6.07) is 9.18. The van der Waals surface area contributed by atoms with Crippen molar-refractivity contribution >= 4 is 11.7 Å². The molecule has 0 aliphatic heterocycles. The Morgan fingerprint density at radius 3 is 2.81 bits per heavy atom. The number of anilines is 1. The third-order valence-electron chi connectivity index (χ3n) is 2.28. The fourth-order valence-corrected chi connectivity index (χ4v) is 1.49. The molecule has 1 N–H and O–H groups in total. The van der Waals surface area contributed by atoms with Gasteiger partial charge in [-0.25, -0.2) is 9.78 Å². The molecule has 16 heavy (non-hydrogen) atoms. The minimum absolute atomic E-state index is 0.180. The van der Waals surface area contributed by atoms with Crippen molar-refractivity contribution in [2.24, 2.45) is 0 Å². The summed E-state index contributed by atoms with van der Waals surface area (Å²) in [5, 5.41) is 2.80. The highest BCUT2D eigenvalue weighted by atomic mass is 16.2. The van der Waals surface area contributed by atoms with Gasteiger partial charge in [-0.15, -0.1) is 0 Å². The maximum Gasteiger partial charge on any atom is 0.331 e. The number of carbonyl (C=O) groups excluding carboxylic acids is 1. The molecular formula is C12H13N3O. The van der Waals surface area contributed by atoms with E-state index >= 15 is 0 Å². The van der Waals surface area contributed by atoms with Gasteiger partial charge < -0.3 is 5.32 Å². The van der Waals surface area contributed by atoms with Crippen LogP contribution in [0, 0.1) is 0 Å². The van der Waals surface area contributed by atoms with E-state index < -0.39 is 0 Å². The molecule has 0 saturated heterocycles. The highest BCUT2D eigenvalue weighted by Gasteiger charge is 2.08. The number of carbonyl (C=O) groups is 1. The number of benzene rings is 1. The van der Waals surface area contributed by atoms with Gasteiger partial charge in [-0.3, -0.25) is 4.57 Å². The van der Waals surface area contributed by atoms with Crippen molar-refractivity contribution in [3.8, 4) is 0 Å². The number of hydrogen-bond donors (Lipinski definition) is 1. The Balaban J connectivity index is 2.15. The predicted octanol–water partition coefficient (Wildman–Crippen LogP) is 2.53. The molecule has 0 bridgehead atoms. The molecule has 4 nitrogen and oxygen atoms in total. The Kier molecular flexibility index (Phi) is 3.00. The standard InChI is InChI=1S/C12H13N3O/c1-2-11-13-8-9-15(11)12(16)14-10-6-4-3-5-7-10/h3-9H,2H2,1H3,(H,14,16). The van der Waals surface area contributed by atoms with Crippen molar-refractivity contribution in [3.63, 3.8) is 0 Å². The summed E-state index contributed by atoms with van der Waals surface area (Å²) in [5.74, 6) is 0.758. The Morgan fingerprint density at radius 1 is 1.38 bits per heavy atom. The van der Waals surface area contributed by atoms with Crippen LogP contribution in [0.1, 0.15) is 12.7 Å². The fourth-order valence-electron chi connectivity index (χ4n) is 1.49. The quantitative estimate of drug-likeness (QED) is 0.836. The Hall–Kier alpha value is -2.10. The van der Waals surface area contributed by atoms with E-state index in [0.29, 0.717) is 0 Å². The molecule has 0 spiro atoms. The minimum atomic E-state index is -0.180. The third-order valence-corrected chi connectivity index (χ3v) is 2.28. The van der Waals surface area contributed by atoms with E-state index in [1.807, 2.05) is 37.3 Å². The van der Waals surface area contributed by atoms with Crippen LogP contribution in [-0.4, -0.2) is 15.6 Å². The van der Waals surface area contributed by atoms with Gasteiger partial charge in [0, 0.05) is 24.5 Å². The highest BCUT2D eigenvalue weighted by Crippen LogP contribution is 2.07. The number of imidazole rings is 1. The van der Waals surface area contributed by atoms with Crippen LogP contribution in [-0.2, 0) is 6.42 Å². The van der Waals surface area contributed by atoms with Crippen molar-refractivity contribution in [2.75, 3.05) is 5.32 Å². The summed E-state index contributed by atoms with van der Waals surface area (Å²) in [6.07, 6.45) is 4.02. The van der Waals surface area contributed by atoms with Gasteiger partial charge in [0.05, 0.1) is 0 Å². The number of aryl methyl sites for hydroxylation is 1. The van der Waals surface area contributed by atoms with Crippen LogP contribution in [0.2, 0.25) is 0 Å². The zero-order valence-corrected chi connectivity index (χ0v) is 9.05. The highest BCUT2D eigenvalue weighted by molar-refractivity contribution is 5.91. The van der Waals surface area contributed by atoms with Gasteiger partial charge in [0.1, 0.15) is 5.82 Å². The molecule has 4 heteroatoms. The van der Waals surface area contributed by atoms with Crippen LogP contribution >= 0.6 is 0 Å². The molecule has 0 radical (unpaired) electrons. The summed E-state index contributed by atoms with van der Waals surface area (Å²) in [6.45, 7) is 1.97. The van der Waals surface area contributed by atoms with Crippen molar-refractivity contribution in [2.45, 2.75) is 13.3 Å². The van der Waals surface area contributed by atoms with E-state index in [1.165, 1.54) is 4.57 Å². The second-order valence-electron chi connectivity index (χ2n) is 3.36. The summed E-state index contributed by atoms with van der Waals surface area (Å²) < 4.78 is 1.52. The number of rotatable bonds is 2. The topological polar surface area (TPSA) is 46.9 Å². The monoisotopic (exact) mass is 215 g/mol. The predicted molar refractivity (Wildman–Crippen MR) is 62.5 cm³/mol. The Labute approximate surface area is 93.9 Å². The molecule has 0 aliphatic carbocycles. The van der Waals surface area contributed by atoms with Gasteiger partial charge in [0.2, 0.25) is 0 Å². The molecule has 1 aromatic heterocycles. The number of aromatic nitrogens is 2. The van der Waals surface area contributed by atoms with Crippen LogP contribution in [0.3, 0.4) is 0 Å². The smallest absolute Gasteiger partial charge is 0.307 e. The van der Waals surface area contributed by atoms with Gasteiger partial charge in [0.15, 0.2) is 0 Å². The molecule has 1 heterocycles. The summed E-state index contributed by atoms with van der Waals surface area (Å²) in [5.41, 5.74) is 0.781. The fraction of sp³-hybridized carbons (Fsp3) is 0.167. The largest absolute Gasteiger partial charge is 0.331 e. The SMILES string of the molecule is CCc1nccn1C(=O)Nc1ccccc1. The van der Waals surface area contributed by atoms with Crippen molar-refractivity contribution in [3.05, 3.63) is 48.5 Å². The first kappa shape index (κ1) is 10.4. The van der Waals surface area contributed by atoms with Gasteiger partial charge >= 0.3 is 6.03 Å². The van der Waals surface area contributed by atoms with E-state index in [4.69, 9.17) is 0 Å². The van der Waals surface area contributed by atoms with E-state index in [1.54, 1.807) is 12.4 Å². The molecule has 1 aromatic carbocycles. The third kappa shape index (κ3) is 2.11. The molecule has 1 amide bonds. The Morgan fingerprint density at radius 2 is 2.12 bits per heavy atom. The van der Waals surface area contributed by atoms with Gasteiger partial charge in [-0.05, 0) is 12.1 Å². The van der Waals surface area contributed by atoms with Crippen molar-refractivity contribution < 1.29 is 4.79 Å². The number of amides is 1. The molecular weight excluding hydrogens is 202 g/mol. The van der Waals surface area contributed by atoms with E-state index in [-0.39, 0.29) is 6.03 Å². The molecule has 2 rings (SSSR count). The van der Waals surface area contributed by atoms with Crippen LogP contribution in [0.4, 0.5) is 10.5 Å². The van der Waals surface area contributed by atoms with Crippen molar-refractivity contribution in [1.82, 2.24) is 9.55 Å².